The summed E-state index contributed by atoms with van der Waals surface area (Å²) in [5.41, 5.74) is 1.03. The summed E-state index contributed by atoms with van der Waals surface area (Å²) in [5, 5.41) is 0.186. The number of carbonyl (C=O) groups is 1. The normalized spacial score (nSPS) is 41.6. The number of hydrogen-bond donors (Lipinski definition) is 0. The lowest BCUT2D eigenvalue weighted by molar-refractivity contribution is -0.130. The van der Waals surface area contributed by atoms with Crippen molar-refractivity contribution >= 4 is 17.4 Å². The molecule has 4 saturated carbocycles. The van der Waals surface area contributed by atoms with E-state index in [4.69, 9.17) is 16.3 Å². The molecule has 0 spiro atoms. The second kappa shape index (κ2) is 11.5. The van der Waals surface area contributed by atoms with Gasteiger partial charge in [0.1, 0.15) is 11.3 Å². The van der Waals surface area contributed by atoms with Gasteiger partial charge in [0.25, 0.3) is 0 Å². The molecule has 36 heavy (non-hydrogen) atoms. The van der Waals surface area contributed by atoms with Crippen LogP contribution in [-0.2, 0) is 9.53 Å². The summed E-state index contributed by atoms with van der Waals surface area (Å²) in [4.78, 5) is 11.9. The predicted octanol–water partition coefficient (Wildman–Crippen LogP) is 9.72. The van der Waals surface area contributed by atoms with Gasteiger partial charge < -0.3 is 4.74 Å². The van der Waals surface area contributed by atoms with Gasteiger partial charge in [-0.15, -0.1) is 0 Å². The van der Waals surface area contributed by atoms with E-state index in [1.54, 1.807) is 6.08 Å². The first-order valence-corrected chi connectivity index (χ1v) is 15.7. The number of halogens is 1. The van der Waals surface area contributed by atoms with Crippen LogP contribution in [0.3, 0.4) is 0 Å². The van der Waals surface area contributed by atoms with E-state index in [9.17, 15) is 4.79 Å². The van der Waals surface area contributed by atoms with Crippen LogP contribution in [0.4, 0.5) is 0 Å². The van der Waals surface area contributed by atoms with Crippen molar-refractivity contribution in [2.45, 2.75) is 125 Å². The lowest BCUT2D eigenvalue weighted by Crippen LogP contribution is -2.54. The van der Waals surface area contributed by atoms with Crippen molar-refractivity contribution < 1.29 is 9.53 Å². The van der Waals surface area contributed by atoms with E-state index in [2.05, 4.69) is 34.6 Å². The molecule has 0 heterocycles. The molecular formula is C33H53ClO2. The summed E-state index contributed by atoms with van der Waals surface area (Å²) in [5.74, 6) is 6.00. The summed E-state index contributed by atoms with van der Waals surface area (Å²) in [7, 11) is 0. The van der Waals surface area contributed by atoms with Crippen molar-refractivity contribution in [3.05, 3.63) is 23.4 Å². The molecule has 4 aliphatic carbocycles. The number of hydrogen-bond acceptors (Lipinski definition) is 2. The molecule has 2 nitrogen and oxygen atoms in total. The van der Waals surface area contributed by atoms with Crippen molar-refractivity contribution in [1.29, 1.82) is 0 Å². The van der Waals surface area contributed by atoms with Crippen LogP contribution < -0.4 is 0 Å². The van der Waals surface area contributed by atoms with E-state index in [1.165, 1.54) is 76.5 Å². The summed E-state index contributed by atoms with van der Waals surface area (Å²) in [6.07, 6.45) is 21.2. The molecule has 4 rings (SSSR count). The second-order valence-electron chi connectivity index (χ2n) is 14.0. The summed E-state index contributed by atoms with van der Waals surface area (Å²) in [6.45, 7) is 14.5. The van der Waals surface area contributed by atoms with Crippen molar-refractivity contribution in [2.75, 3.05) is 0 Å². The topological polar surface area (TPSA) is 26.3 Å². The molecule has 0 bridgehead atoms. The van der Waals surface area contributed by atoms with Gasteiger partial charge in [-0.25, -0.2) is 0 Å². The number of fused-ring (bicyclic) bond motifs is 5. The fourth-order valence-corrected chi connectivity index (χ4v) is 9.93. The van der Waals surface area contributed by atoms with E-state index >= 15 is 0 Å². The molecular weight excluding hydrogens is 464 g/mol. The van der Waals surface area contributed by atoms with Gasteiger partial charge in [-0.3, -0.25) is 4.79 Å². The van der Waals surface area contributed by atoms with Gasteiger partial charge >= 0.3 is 0 Å². The highest BCUT2D eigenvalue weighted by molar-refractivity contribution is 6.44. The highest BCUT2D eigenvalue weighted by atomic mass is 35.5. The zero-order valence-electron chi connectivity index (χ0n) is 24.0. The Labute approximate surface area is 227 Å². The smallest absolute Gasteiger partial charge is 0.199 e. The minimum Gasteiger partial charge on any atom is -0.496 e. The molecule has 0 saturated heterocycles. The molecule has 0 aromatic rings. The Hall–Kier alpha value is -0.760. The Bertz CT molecular complexity index is 830. The molecule has 0 unspecified atom stereocenters. The first-order valence-electron chi connectivity index (χ1n) is 15.3. The molecule has 204 valence electrons. The third-order valence-electron chi connectivity index (χ3n) is 11.7. The largest absolute Gasteiger partial charge is 0.496 e. The van der Waals surface area contributed by atoms with Crippen LogP contribution in [0.25, 0.3) is 0 Å². The summed E-state index contributed by atoms with van der Waals surface area (Å²) in [6, 6.07) is 0. The molecule has 3 heteroatoms. The number of ketones is 1. The fourth-order valence-electron chi connectivity index (χ4n) is 9.81. The van der Waals surface area contributed by atoms with Crippen LogP contribution in [-0.4, -0.2) is 11.9 Å². The summed E-state index contributed by atoms with van der Waals surface area (Å²) < 4.78 is 6.07. The molecule has 0 aromatic carbocycles. The van der Waals surface area contributed by atoms with E-state index < -0.39 is 0 Å². The number of rotatable bonds is 9. The van der Waals surface area contributed by atoms with Crippen molar-refractivity contribution in [3.8, 4) is 0 Å². The molecule has 0 aromatic heterocycles. The average Bonchev–Trinajstić information content (AvgIpc) is 3.19. The van der Waals surface area contributed by atoms with E-state index in [0.29, 0.717) is 10.8 Å². The van der Waals surface area contributed by atoms with Crippen LogP contribution in [0, 0.1) is 52.3 Å². The molecule has 4 fully saturated rings. The van der Waals surface area contributed by atoms with Crippen molar-refractivity contribution in [1.82, 2.24) is 0 Å². The lowest BCUT2D eigenvalue weighted by Gasteiger charge is -2.61. The van der Waals surface area contributed by atoms with Crippen LogP contribution in [0.2, 0.25) is 0 Å². The first-order chi connectivity index (χ1) is 17.1. The van der Waals surface area contributed by atoms with E-state index in [1.807, 2.05) is 6.92 Å². The zero-order valence-corrected chi connectivity index (χ0v) is 24.8. The Balaban J connectivity index is 1.38. The Morgan fingerprint density at radius 3 is 2.42 bits per heavy atom. The SMILES string of the molecule is C/C=C\C(=O)/C(Cl)=C/O[C@@H]1CC[C@@]2(C)[C@@H](CC[C@@H]3[C@@H]2CC[C@]2(C)[C@@H]([C@H](C)CCCC(C)C)CC[C@@H]32)C1. The van der Waals surface area contributed by atoms with Crippen LogP contribution in [0.5, 0.6) is 0 Å². The molecule has 0 aliphatic heterocycles. The number of carbonyl (C=O) groups excluding carboxylic acids is 1. The summed E-state index contributed by atoms with van der Waals surface area (Å²) >= 11 is 6.16. The lowest BCUT2D eigenvalue weighted by atomic mass is 9.44. The maximum atomic E-state index is 11.9. The second-order valence-corrected chi connectivity index (χ2v) is 14.5. The molecule has 0 amide bonds. The highest BCUT2D eigenvalue weighted by Crippen LogP contribution is 2.68. The Morgan fingerprint density at radius 1 is 0.972 bits per heavy atom. The van der Waals surface area contributed by atoms with Crippen LogP contribution in [0.1, 0.15) is 119 Å². The molecule has 0 radical (unpaired) electrons. The predicted molar refractivity (Wildman–Crippen MR) is 152 cm³/mol. The van der Waals surface area contributed by atoms with Gasteiger partial charge in [0.05, 0.1) is 6.10 Å². The van der Waals surface area contributed by atoms with Gasteiger partial charge in [-0.05, 0) is 123 Å². The fraction of sp³-hybridized carbons (Fsp3) is 0.848. The Morgan fingerprint density at radius 2 is 1.69 bits per heavy atom. The van der Waals surface area contributed by atoms with Crippen molar-refractivity contribution in [3.63, 3.8) is 0 Å². The minimum atomic E-state index is -0.172. The van der Waals surface area contributed by atoms with Gasteiger partial charge in [0, 0.05) is 0 Å². The first kappa shape index (κ1) is 28.3. The average molecular weight is 517 g/mol. The molecule has 0 N–H and O–H groups in total. The minimum absolute atomic E-state index is 0.172. The van der Waals surface area contributed by atoms with Crippen LogP contribution in [0.15, 0.2) is 23.4 Å². The molecule has 9 atom stereocenters. The van der Waals surface area contributed by atoms with Crippen molar-refractivity contribution in [2.24, 2.45) is 52.3 Å². The maximum absolute atomic E-state index is 11.9. The van der Waals surface area contributed by atoms with Gasteiger partial charge in [-0.1, -0.05) is 71.6 Å². The maximum Gasteiger partial charge on any atom is 0.199 e. The molecule has 4 aliphatic rings. The third kappa shape index (κ3) is 5.50. The van der Waals surface area contributed by atoms with Gasteiger partial charge in [-0.2, -0.15) is 0 Å². The standard InChI is InChI=1S/C33H53ClO2/c1-7-9-31(35)30(34)21-36-25-16-18-32(5)24(20-25)12-13-26-28-15-14-27(23(4)11-8-10-22(2)3)33(28,6)19-17-29(26)32/h7,9,21-29H,8,10-20H2,1-6H3/b9-7-,30-21-/t23-,24+,25-,26+,27-,28+,29+,32+,33-/m1/s1. The highest BCUT2D eigenvalue weighted by Gasteiger charge is 2.60. The number of allylic oxidation sites excluding steroid dienone is 3. The van der Waals surface area contributed by atoms with Crippen LogP contribution >= 0.6 is 11.6 Å². The quantitative estimate of drug-likeness (QED) is 0.225. The van der Waals surface area contributed by atoms with Gasteiger partial charge in [0.15, 0.2) is 5.78 Å². The Kier molecular flexibility index (Phi) is 9.06. The van der Waals surface area contributed by atoms with Gasteiger partial charge in [0.2, 0.25) is 0 Å². The monoisotopic (exact) mass is 516 g/mol. The van der Waals surface area contributed by atoms with E-state index in [0.717, 1.165) is 54.3 Å². The van der Waals surface area contributed by atoms with E-state index in [-0.39, 0.29) is 16.9 Å². The zero-order chi connectivity index (χ0) is 26.1. The third-order valence-corrected chi connectivity index (χ3v) is 12.0. The number of ether oxygens (including phenoxy) is 1.